The first-order chi connectivity index (χ1) is 21.6. The number of hydrogen-bond acceptors (Lipinski definition) is 0. The van der Waals surface area contributed by atoms with Gasteiger partial charge in [0.15, 0.2) is 0 Å². The van der Waals surface area contributed by atoms with Gasteiger partial charge >= 0.3 is 37.9 Å². The van der Waals surface area contributed by atoms with Gasteiger partial charge in [-0.05, 0) is 23.8 Å². The zero-order valence-electron chi connectivity index (χ0n) is 29.2. The molecule has 1 aliphatic heterocycles. The Morgan fingerprint density at radius 1 is 0.783 bits per heavy atom. The summed E-state index contributed by atoms with van der Waals surface area (Å²) in [5.74, 6) is 1.20. The molecule has 0 nitrogen and oxygen atoms in total. The minimum absolute atomic E-state index is 0.513. The first-order valence-corrected chi connectivity index (χ1v) is 30.7. The van der Waals surface area contributed by atoms with Crippen molar-refractivity contribution in [2.75, 3.05) is 0 Å². The maximum absolute atomic E-state index is 4.93. The molecule has 238 valence electrons. The normalized spacial score (nSPS) is 12.2. The Bertz CT molecular complexity index is 1700. The molecule has 0 amide bonds. The van der Waals surface area contributed by atoms with E-state index in [0.29, 0.717) is 11.8 Å². The molecule has 2 radical (unpaired) electrons. The van der Waals surface area contributed by atoms with Crippen molar-refractivity contribution >= 4 is 74.2 Å². The van der Waals surface area contributed by atoms with Crippen molar-refractivity contribution in [3.8, 4) is 22.3 Å². The van der Waals surface area contributed by atoms with Gasteiger partial charge in [-0.15, -0.1) is 40.1 Å². The van der Waals surface area contributed by atoms with Crippen LogP contribution in [0.1, 0.15) is 44.7 Å². The molecule has 5 aromatic carbocycles. The topological polar surface area (TPSA) is 0 Å². The molecule has 6 rings (SSSR count). The van der Waals surface area contributed by atoms with Gasteiger partial charge in [0.05, 0.1) is 25.7 Å². The molecule has 5 aromatic rings. The zero-order chi connectivity index (χ0) is 33.8. The van der Waals surface area contributed by atoms with E-state index in [0.717, 1.165) is 15.9 Å². The van der Waals surface area contributed by atoms with E-state index in [4.69, 9.17) is 17.0 Å². The van der Waals surface area contributed by atoms with Crippen LogP contribution in [0.25, 0.3) is 33.0 Å². The van der Waals surface area contributed by atoms with Crippen LogP contribution >= 0.6 is 17.0 Å². The van der Waals surface area contributed by atoms with Crippen LogP contribution in [-0.4, -0.2) is 25.7 Å². The Balaban J connectivity index is 0.000000245. The summed E-state index contributed by atoms with van der Waals surface area (Å²) in [6.07, 6.45) is 1.15. The van der Waals surface area contributed by atoms with E-state index in [9.17, 15) is 0 Å². The SMILES string of the molecule is CC(C)Cc1cc2c(-c3cc([Si](C)(C)C)cc([Si](C)(C)C)c3)c(C(C)C)ccc2[cH-]1.[Cl][Zr+2][Cl].[c-]1cccc2c1[Si]c1ccccc1-2. The molecule has 0 saturated heterocycles. The average Bonchev–Trinajstić information content (AvgIpc) is 3.56. The predicted molar refractivity (Wildman–Crippen MR) is 211 cm³/mol. The molecule has 6 heteroatoms. The van der Waals surface area contributed by atoms with Gasteiger partial charge in [0.1, 0.15) is 0 Å². The van der Waals surface area contributed by atoms with Gasteiger partial charge in [-0.1, -0.05) is 142 Å². The van der Waals surface area contributed by atoms with Crippen LogP contribution in [0.5, 0.6) is 0 Å². The van der Waals surface area contributed by atoms with E-state index in [-0.39, 0.29) is 0 Å². The fourth-order valence-corrected chi connectivity index (χ4v) is 9.93. The molecule has 0 N–H and O–H groups in total. The smallest absolute Gasteiger partial charge is 0.0920 e. The number of fused-ring (bicyclic) bond motifs is 4. The summed E-state index contributed by atoms with van der Waals surface area (Å²) in [6, 6.07) is 35.4. The molecule has 0 unspecified atom stereocenters. The Kier molecular flexibility index (Phi) is 12.9. The molecule has 0 aromatic heterocycles. The Labute approximate surface area is 302 Å². The van der Waals surface area contributed by atoms with Crippen molar-refractivity contribution in [3.05, 3.63) is 102 Å². The van der Waals surface area contributed by atoms with Crippen molar-refractivity contribution in [1.29, 1.82) is 0 Å². The summed E-state index contributed by atoms with van der Waals surface area (Å²) in [5.41, 5.74) is 8.66. The zero-order valence-corrected chi connectivity index (χ0v) is 36.2. The number of benzene rings is 4. The second kappa shape index (κ2) is 15.9. The molecule has 0 atom stereocenters. The fraction of sp³-hybridized carbons (Fsp3) is 0.325. The summed E-state index contributed by atoms with van der Waals surface area (Å²) in [7, 11) is 7.83. The second-order valence-electron chi connectivity index (χ2n) is 15.1. The monoisotopic (exact) mass is 772 g/mol. The number of rotatable bonds is 6. The van der Waals surface area contributed by atoms with Crippen molar-refractivity contribution in [2.45, 2.75) is 79.3 Å². The van der Waals surface area contributed by atoms with Crippen LogP contribution in [0.4, 0.5) is 0 Å². The molecule has 1 heterocycles. The maximum Gasteiger partial charge on any atom is 0.0920 e. The third-order valence-electron chi connectivity index (χ3n) is 8.53. The van der Waals surface area contributed by atoms with Crippen LogP contribution < -0.4 is 20.7 Å². The minimum atomic E-state index is -1.41. The van der Waals surface area contributed by atoms with Gasteiger partial charge in [-0.2, -0.15) is 35.5 Å². The van der Waals surface area contributed by atoms with Gasteiger partial charge in [0.2, 0.25) is 0 Å². The van der Waals surface area contributed by atoms with Crippen molar-refractivity contribution in [3.63, 3.8) is 0 Å². The second-order valence-corrected chi connectivity index (χ2v) is 30.3. The standard InChI is InChI=1S/C28H41Si2.C12H7Si.2ClH.Zr/c1-19(2)13-21-14-22-11-12-26(20(3)4)28(27(22)15-21)23-16-24(29(5,6)7)18-25(17-23)30(8,9)10;1-3-7-11-9(5-1)10-6-2-4-8-12(10)13-11;;;/h11-12,14-20H,13H2,1-10H3;1-7H;2*1H;/q2*-1;;;+4/p-2. The average molecular weight is 775 g/mol. The molecular formula is C40H48Cl2Si3Zr. The first-order valence-electron chi connectivity index (χ1n) is 16.4. The summed E-state index contributed by atoms with van der Waals surface area (Å²) in [4.78, 5) is 0. The van der Waals surface area contributed by atoms with E-state index in [1.54, 1.807) is 10.4 Å². The van der Waals surface area contributed by atoms with Crippen molar-refractivity contribution < 1.29 is 20.8 Å². The van der Waals surface area contributed by atoms with Crippen LogP contribution in [-0.2, 0) is 27.3 Å². The molecule has 0 aliphatic carbocycles. The summed E-state index contributed by atoms with van der Waals surface area (Å²) in [5, 5.41) is 8.86. The van der Waals surface area contributed by atoms with E-state index >= 15 is 0 Å². The van der Waals surface area contributed by atoms with Crippen LogP contribution in [0.15, 0.2) is 84.9 Å². The van der Waals surface area contributed by atoms with Crippen molar-refractivity contribution in [2.24, 2.45) is 5.92 Å². The van der Waals surface area contributed by atoms with Crippen molar-refractivity contribution in [1.82, 2.24) is 0 Å². The van der Waals surface area contributed by atoms with E-state index in [1.807, 2.05) is 6.07 Å². The first kappa shape index (κ1) is 37.4. The van der Waals surface area contributed by atoms with Gasteiger partial charge in [0.25, 0.3) is 0 Å². The van der Waals surface area contributed by atoms with Gasteiger partial charge < -0.3 is 0 Å². The molecular weight excluding hydrogens is 727 g/mol. The molecule has 46 heavy (non-hydrogen) atoms. The molecule has 1 aliphatic rings. The fourth-order valence-electron chi connectivity index (χ4n) is 6.12. The van der Waals surface area contributed by atoms with Crippen LogP contribution in [0.2, 0.25) is 39.3 Å². The minimum Gasteiger partial charge on any atom is -0.184 e. The van der Waals surface area contributed by atoms with E-state index in [1.165, 1.54) is 54.5 Å². The summed E-state index contributed by atoms with van der Waals surface area (Å²) in [6.45, 7) is 24.2. The quantitative estimate of drug-likeness (QED) is 0.117. The van der Waals surface area contributed by atoms with Gasteiger partial charge in [0, 0.05) is 0 Å². The van der Waals surface area contributed by atoms with Gasteiger partial charge in [-0.3, -0.25) is 0 Å². The Hall–Kier alpha value is -1.40. The molecule has 0 fully saturated rings. The Morgan fingerprint density at radius 2 is 1.39 bits per heavy atom. The van der Waals surface area contributed by atoms with E-state index in [2.05, 4.69) is 152 Å². The summed E-state index contributed by atoms with van der Waals surface area (Å²) < 4.78 is 0. The maximum atomic E-state index is 4.93. The molecule has 0 spiro atoms. The molecule has 0 saturated carbocycles. The van der Waals surface area contributed by atoms with Gasteiger partial charge in [-0.25, -0.2) is 0 Å². The predicted octanol–water partition coefficient (Wildman–Crippen LogP) is 10.1. The third-order valence-corrected chi connectivity index (χ3v) is 13.9. The largest absolute Gasteiger partial charge is 0.184 e. The number of hydrogen-bond donors (Lipinski definition) is 0. The van der Waals surface area contributed by atoms with E-state index < -0.39 is 37.0 Å². The Morgan fingerprint density at radius 3 is 1.98 bits per heavy atom. The van der Waals surface area contributed by atoms with Crippen LogP contribution in [0.3, 0.4) is 0 Å². The summed E-state index contributed by atoms with van der Waals surface area (Å²) >= 11 is -0.826. The number of halogens is 2. The van der Waals surface area contributed by atoms with Crippen LogP contribution in [0, 0.1) is 12.0 Å². The third kappa shape index (κ3) is 9.18. The molecule has 0 bridgehead atoms.